The van der Waals surface area contributed by atoms with Gasteiger partial charge in [0.15, 0.2) is 9.84 Å². The molecule has 0 aromatic heterocycles. The van der Waals surface area contributed by atoms with Gasteiger partial charge in [-0.05, 0) is 43.7 Å². The lowest BCUT2D eigenvalue weighted by Crippen LogP contribution is -2.33. The second-order valence-electron chi connectivity index (χ2n) is 6.69. The molecule has 0 radical (unpaired) electrons. The summed E-state index contributed by atoms with van der Waals surface area (Å²) in [7, 11) is -3.27. The van der Waals surface area contributed by atoms with Crippen molar-refractivity contribution in [3.8, 4) is 5.75 Å². The molecule has 0 aliphatic carbocycles. The summed E-state index contributed by atoms with van der Waals surface area (Å²) in [4.78, 5) is 12.6. The monoisotopic (exact) mass is 360 g/mol. The van der Waals surface area contributed by atoms with E-state index in [1.165, 1.54) is 0 Å². The molecule has 25 heavy (non-hydrogen) atoms. The summed E-state index contributed by atoms with van der Waals surface area (Å²) in [5.74, 6) is -0.195. The lowest BCUT2D eigenvalue weighted by Gasteiger charge is -2.27. The molecule has 1 heterocycles. The molecule has 0 bridgehead atoms. The molecule has 0 spiro atoms. The molecule has 5 nitrogen and oxygen atoms in total. The van der Waals surface area contributed by atoms with Crippen LogP contribution in [0.4, 0.5) is 0 Å². The topological polar surface area (TPSA) is 69.7 Å². The number of cyclic esters (lactones) is 1. The maximum Gasteiger partial charge on any atom is 0.348 e. The number of ether oxygens (including phenoxy) is 2. The Kier molecular flexibility index (Phi) is 4.33. The van der Waals surface area contributed by atoms with Gasteiger partial charge in [0.1, 0.15) is 11.4 Å². The van der Waals surface area contributed by atoms with Crippen LogP contribution in [-0.4, -0.2) is 32.3 Å². The molecule has 1 aliphatic rings. The summed E-state index contributed by atoms with van der Waals surface area (Å²) in [6.45, 7) is 3.66. The van der Waals surface area contributed by atoms with Crippen LogP contribution < -0.4 is 4.74 Å². The average Bonchev–Trinajstić information content (AvgIpc) is 2.76. The summed E-state index contributed by atoms with van der Waals surface area (Å²) in [5.41, 5.74) is 0.0348. The van der Waals surface area contributed by atoms with Crippen LogP contribution in [0.25, 0.3) is 0 Å². The van der Waals surface area contributed by atoms with Gasteiger partial charge in [-0.15, -0.1) is 0 Å². The van der Waals surface area contributed by atoms with Gasteiger partial charge < -0.3 is 9.47 Å². The van der Waals surface area contributed by atoms with Crippen molar-refractivity contribution in [1.82, 2.24) is 0 Å². The van der Waals surface area contributed by atoms with Gasteiger partial charge in [0.05, 0.1) is 10.8 Å². The molecule has 2 atom stereocenters. The van der Waals surface area contributed by atoms with Gasteiger partial charge in [-0.25, -0.2) is 13.2 Å². The molecule has 0 saturated carbocycles. The SMILES string of the molecule is CC1(C)OC(=O)C(Oc2ccccc2)C1c1ccc(S(C)(=O)=O)cc1. The smallest absolute Gasteiger partial charge is 0.348 e. The number of benzene rings is 2. The van der Waals surface area contributed by atoms with Gasteiger partial charge in [-0.3, -0.25) is 0 Å². The molecule has 3 rings (SSSR count). The highest BCUT2D eigenvalue weighted by atomic mass is 32.2. The van der Waals surface area contributed by atoms with Gasteiger partial charge in [-0.1, -0.05) is 30.3 Å². The number of para-hydroxylation sites is 1. The highest BCUT2D eigenvalue weighted by Gasteiger charge is 2.52. The van der Waals surface area contributed by atoms with Crippen molar-refractivity contribution in [1.29, 1.82) is 0 Å². The van der Waals surface area contributed by atoms with Crippen molar-refractivity contribution >= 4 is 15.8 Å². The Bertz CT molecular complexity index is 870. The predicted octanol–water partition coefficient (Wildman–Crippen LogP) is 2.96. The number of esters is 1. The minimum Gasteiger partial charge on any atom is -0.478 e. The summed E-state index contributed by atoms with van der Waals surface area (Å²) in [5, 5.41) is 0. The van der Waals surface area contributed by atoms with Gasteiger partial charge in [0.25, 0.3) is 0 Å². The highest BCUT2D eigenvalue weighted by Crippen LogP contribution is 2.42. The first-order valence-corrected chi connectivity index (χ1v) is 9.82. The molecule has 1 fully saturated rings. The van der Waals surface area contributed by atoms with Crippen LogP contribution in [0.5, 0.6) is 5.75 Å². The number of hydrogen-bond donors (Lipinski definition) is 0. The van der Waals surface area contributed by atoms with E-state index in [9.17, 15) is 13.2 Å². The Morgan fingerprint density at radius 3 is 2.16 bits per heavy atom. The van der Waals surface area contributed by atoms with Crippen LogP contribution in [0.2, 0.25) is 0 Å². The van der Waals surface area contributed by atoms with Crippen molar-refractivity contribution in [2.75, 3.05) is 6.26 Å². The first kappa shape index (κ1) is 17.5. The highest BCUT2D eigenvalue weighted by molar-refractivity contribution is 7.90. The molecule has 1 aliphatic heterocycles. The fraction of sp³-hybridized carbons (Fsp3) is 0.316. The van der Waals surface area contributed by atoms with Crippen molar-refractivity contribution in [2.24, 2.45) is 0 Å². The van der Waals surface area contributed by atoms with Crippen LogP contribution in [0.3, 0.4) is 0 Å². The third-order valence-electron chi connectivity index (χ3n) is 4.32. The van der Waals surface area contributed by atoms with E-state index < -0.39 is 27.5 Å². The van der Waals surface area contributed by atoms with E-state index in [1.807, 2.05) is 32.0 Å². The average molecular weight is 360 g/mol. The van der Waals surface area contributed by atoms with E-state index in [4.69, 9.17) is 9.47 Å². The molecule has 2 aromatic rings. The third-order valence-corrected chi connectivity index (χ3v) is 5.45. The Morgan fingerprint density at radius 1 is 1.00 bits per heavy atom. The molecular weight excluding hydrogens is 340 g/mol. The largest absolute Gasteiger partial charge is 0.478 e. The summed E-state index contributed by atoms with van der Waals surface area (Å²) >= 11 is 0. The molecule has 1 saturated heterocycles. The van der Waals surface area contributed by atoms with Crippen LogP contribution in [-0.2, 0) is 19.4 Å². The van der Waals surface area contributed by atoms with E-state index in [-0.39, 0.29) is 10.8 Å². The Balaban J connectivity index is 1.96. The minimum atomic E-state index is -3.27. The van der Waals surface area contributed by atoms with Gasteiger partial charge in [0, 0.05) is 6.26 Å². The Hall–Kier alpha value is -2.34. The molecular formula is C19H20O5S. The summed E-state index contributed by atoms with van der Waals surface area (Å²) in [6.07, 6.45) is 0.372. The standard InChI is InChI=1S/C19H20O5S/c1-19(2)16(13-9-11-15(12-10-13)25(3,21)22)17(18(20)24-19)23-14-7-5-4-6-8-14/h4-12,16-17H,1-3H3. The normalized spacial score (nSPS) is 22.4. The van der Waals surface area contributed by atoms with Crippen molar-refractivity contribution in [3.63, 3.8) is 0 Å². The minimum absolute atomic E-state index is 0.236. The Morgan fingerprint density at radius 2 is 1.60 bits per heavy atom. The summed E-state index contributed by atoms with van der Waals surface area (Å²) in [6, 6.07) is 15.6. The number of carbonyl (C=O) groups excluding carboxylic acids is 1. The molecule has 0 N–H and O–H groups in total. The fourth-order valence-electron chi connectivity index (χ4n) is 3.14. The van der Waals surface area contributed by atoms with E-state index in [1.54, 1.807) is 36.4 Å². The van der Waals surface area contributed by atoms with Gasteiger partial charge in [0.2, 0.25) is 6.10 Å². The first-order valence-electron chi connectivity index (χ1n) is 7.93. The number of carbonyl (C=O) groups is 1. The number of rotatable bonds is 4. The van der Waals surface area contributed by atoms with E-state index in [0.717, 1.165) is 11.8 Å². The molecule has 2 unspecified atom stereocenters. The zero-order chi connectivity index (χ0) is 18.2. The lowest BCUT2D eigenvalue weighted by atomic mass is 9.83. The van der Waals surface area contributed by atoms with Gasteiger partial charge >= 0.3 is 5.97 Å². The summed E-state index contributed by atoms with van der Waals surface area (Å²) < 4.78 is 34.7. The zero-order valence-corrected chi connectivity index (χ0v) is 15.1. The third kappa shape index (κ3) is 3.54. The number of sulfone groups is 1. The van der Waals surface area contributed by atoms with Crippen LogP contribution >= 0.6 is 0 Å². The quantitative estimate of drug-likeness (QED) is 0.784. The van der Waals surface area contributed by atoms with Crippen LogP contribution in [0.1, 0.15) is 25.3 Å². The molecule has 0 amide bonds. The lowest BCUT2D eigenvalue weighted by molar-refractivity contribution is -0.150. The van der Waals surface area contributed by atoms with E-state index in [0.29, 0.717) is 5.75 Å². The van der Waals surface area contributed by atoms with Crippen molar-refractivity contribution < 1.29 is 22.7 Å². The van der Waals surface area contributed by atoms with Crippen molar-refractivity contribution in [2.45, 2.75) is 36.4 Å². The van der Waals surface area contributed by atoms with E-state index >= 15 is 0 Å². The van der Waals surface area contributed by atoms with E-state index in [2.05, 4.69) is 0 Å². The molecule has 6 heteroatoms. The van der Waals surface area contributed by atoms with Crippen molar-refractivity contribution in [3.05, 3.63) is 60.2 Å². The fourth-order valence-corrected chi connectivity index (χ4v) is 3.77. The second-order valence-corrected chi connectivity index (χ2v) is 8.71. The first-order chi connectivity index (χ1) is 11.7. The van der Waals surface area contributed by atoms with Gasteiger partial charge in [-0.2, -0.15) is 0 Å². The van der Waals surface area contributed by atoms with Crippen LogP contribution in [0, 0.1) is 0 Å². The zero-order valence-electron chi connectivity index (χ0n) is 14.3. The maximum absolute atomic E-state index is 12.4. The maximum atomic E-state index is 12.4. The second kappa shape index (κ2) is 6.19. The molecule has 132 valence electrons. The number of hydrogen-bond acceptors (Lipinski definition) is 5. The van der Waals surface area contributed by atoms with Crippen LogP contribution in [0.15, 0.2) is 59.5 Å². The Labute approximate surface area is 147 Å². The predicted molar refractivity (Wildman–Crippen MR) is 93.3 cm³/mol. The molecule has 2 aromatic carbocycles.